The van der Waals surface area contributed by atoms with Crippen molar-refractivity contribution in [2.24, 2.45) is 0 Å². The van der Waals surface area contributed by atoms with Gasteiger partial charge in [0.05, 0.1) is 11.4 Å². The van der Waals surface area contributed by atoms with Crippen molar-refractivity contribution in [1.29, 1.82) is 0 Å². The molecule has 2 nitrogen and oxygen atoms in total. The second-order valence-electron chi connectivity index (χ2n) is 3.42. The van der Waals surface area contributed by atoms with Gasteiger partial charge in [-0.3, -0.25) is 0 Å². The number of rotatable bonds is 0. The Bertz CT molecular complexity index is 261. The van der Waals surface area contributed by atoms with Crippen molar-refractivity contribution >= 4 is 0 Å². The molecule has 70 valence electrons. The Morgan fingerprint density at radius 2 is 1.77 bits per heavy atom. The highest BCUT2D eigenvalue weighted by molar-refractivity contribution is 5.34. The lowest BCUT2D eigenvalue weighted by atomic mass is 10.2. The summed E-state index contributed by atoms with van der Waals surface area (Å²) in [6, 6.07) is 0. The average Bonchev–Trinajstić information content (AvgIpc) is 2.30. The fraction of sp³-hybridized carbons (Fsp3) is 0.455. The third kappa shape index (κ3) is 2.14. The van der Waals surface area contributed by atoms with Gasteiger partial charge < -0.3 is 10.6 Å². The van der Waals surface area contributed by atoms with Crippen LogP contribution in [0.2, 0.25) is 0 Å². The maximum atomic E-state index is 3.45. The van der Waals surface area contributed by atoms with Crippen molar-refractivity contribution in [1.82, 2.24) is 10.6 Å². The van der Waals surface area contributed by atoms with Crippen LogP contribution in [0.1, 0.15) is 19.3 Å². The summed E-state index contributed by atoms with van der Waals surface area (Å²) >= 11 is 0. The van der Waals surface area contributed by atoms with E-state index >= 15 is 0 Å². The fourth-order valence-corrected chi connectivity index (χ4v) is 1.65. The van der Waals surface area contributed by atoms with Gasteiger partial charge in [-0.25, -0.2) is 0 Å². The average molecular weight is 176 g/mol. The van der Waals surface area contributed by atoms with Gasteiger partial charge in [0, 0.05) is 13.1 Å². The Morgan fingerprint density at radius 1 is 1.00 bits per heavy atom. The molecule has 0 saturated carbocycles. The van der Waals surface area contributed by atoms with Crippen LogP contribution >= 0.6 is 0 Å². The molecule has 0 amide bonds. The minimum atomic E-state index is 1.03. The van der Waals surface area contributed by atoms with E-state index < -0.39 is 0 Å². The van der Waals surface area contributed by atoms with Crippen LogP contribution in [0.5, 0.6) is 0 Å². The summed E-state index contributed by atoms with van der Waals surface area (Å²) in [6.45, 7) is 2.20. The largest absolute Gasteiger partial charge is 0.384 e. The standard InChI is InChI=1S/C11H16N2/c1-2-6-10-11(7-3-1)13-9-5-4-8-12-10/h1-2,6-7,12-13H,3-5,8-9H2. The zero-order valence-electron chi connectivity index (χ0n) is 7.84. The van der Waals surface area contributed by atoms with Crippen LogP contribution in [-0.4, -0.2) is 13.1 Å². The maximum absolute atomic E-state index is 3.45. The second kappa shape index (κ2) is 4.17. The molecule has 2 heteroatoms. The van der Waals surface area contributed by atoms with Gasteiger partial charge in [-0.2, -0.15) is 0 Å². The van der Waals surface area contributed by atoms with E-state index in [9.17, 15) is 0 Å². The summed E-state index contributed by atoms with van der Waals surface area (Å²) in [5, 5.41) is 6.90. The molecule has 0 atom stereocenters. The molecule has 1 aliphatic heterocycles. The summed E-state index contributed by atoms with van der Waals surface area (Å²) in [5.41, 5.74) is 2.51. The minimum Gasteiger partial charge on any atom is -0.384 e. The number of hydrogen-bond acceptors (Lipinski definition) is 2. The molecule has 2 N–H and O–H groups in total. The molecule has 2 aliphatic rings. The van der Waals surface area contributed by atoms with Gasteiger partial charge in [0.2, 0.25) is 0 Å². The van der Waals surface area contributed by atoms with Gasteiger partial charge in [0.25, 0.3) is 0 Å². The molecule has 2 rings (SSSR count). The van der Waals surface area contributed by atoms with Gasteiger partial charge in [0.15, 0.2) is 0 Å². The van der Waals surface area contributed by atoms with E-state index in [0.717, 1.165) is 19.5 Å². The van der Waals surface area contributed by atoms with Crippen molar-refractivity contribution in [2.45, 2.75) is 19.3 Å². The van der Waals surface area contributed by atoms with Gasteiger partial charge >= 0.3 is 0 Å². The quantitative estimate of drug-likeness (QED) is 0.587. The Kier molecular flexibility index (Phi) is 2.70. The molecular formula is C11H16N2. The molecule has 0 aromatic heterocycles. The fourth-order valence-electron chi connectivity index (χ4n) is 1.65. The van der Waals surface area contributed by atoms with Gasteiger partial charge in [-0.15, -0.1) is 0 Å². The summed E-state index contributed by atoms with van der Waals surface area (Å²) < 4.78 is 0. The molecule has 1 aliphatic carbocycles. The summed E-state index contributed by atoms with van der Waals surface area (Å²) in [5.74, 6) is 0. The second-order valence-corrected chi connectivity index (χ2v) is 3.42. The van der Waals surface area contributed by atoms with Crippen LogP contribution in [0.3, 0.4) is 0 Å². The lowest BCUT2D eigenvalue weighted by Gasteiger charge is -2.19. The van der Waals surface area contributed by atoms with Crippen molar-refractivity contribution in [2.75, 3.05) is 13.1 Å². The van der Waals surface area contributed by atoms with Gasteiger partial charge in [-0.05, 0) is 25.3 Å². The minimum absolute atomic E-state index is 1.03. The Balaban J connectivity index is 2.15. The normalized spacial score (nSPS) is 22.2. The van der Waals surface area contributed by atoms with Crippen LogP contribution in [-0.2, 0) is 0 Å². The molecule has 13 heavy (non-hydrogen) atoms. The predicted octanol–water partition coefficient (Wildman–Crippen LogP) is 1.69. The number of fused-ring (bicyclic) bond motifs is 1. The molecular weight excluding hydrogens is 160 g/mol. The summed E-state index contributed by atoms with van der Waals surface area (Å²) in [6.07, 6.45) is 12.2. The predicted molar refractivity (Wildman–Crippen MR) is 55.2 cm³/mol. The highest BCUT2D eigenvalue weighted by Crippen LogP contribution is 2.11. The Hall–Kier alpha value is -1.18. The number of hydrogen-bond donors (Lipinski definition) is 2. The molecule has 1 heterocycles. The number of allylic oxidation sites excluding steroid dienone is 4. The van der Waals surface area contributed by atoms with E-state index in [-0.39, 0.29) is 0 Å². The third-order valence-corrected chi connectivity index (χ3v) is 2.38. The zero-order chi connectivity index (χ0) is 8.93. The first kappa shape index (κ1) is 8.42. The topological polar surface area (TPSA) is 24.1 Å². The van der Waals surface area contributed by atoms with Crippen LogP contribution in [0, 0.1) is 0 Å². The van der Waals surface area contributed by atoms with Crippen LogP contribution in [0.25, 0.3) is 0 Å². The van der Waals surface area contributed by atoms with E-state index in [1.165, 1.54) is 24.2 Å². The van der Waals surface area contributed by atoms with Gasteiger partial charge in [-0.1, -0.05) is 18.2 Å². The molecule has 0 unspecified atom stereocenters. The lowest BCUT2D eigenvalue weighted by molar-refractivity contribution is 0.610. The third-order valence-electron chi connectivity index (χ3n) is 2.38. The van der Waals surface area contributed by atoms with E-state index in [1.807, 2.05) is 0 Å². The molecule has 1 fully saturated rings. The lowest BCUT2D eigenvalue weighted by Crippen LogP contribution is -2.28. The van der Waals surface area contributed by atoms with E-state index in [1.54, 1.807) is 0 Å². The highest BCUT2D eigenvalue weighted by Gasteiger charge is 2.07. The summed E-state index contributed by atoms with van der Waals surface area (Å²) in [7, 11) is 0. The van der Waals surface area contributed by atoms with Crippen molar-refractivity contribution in [3.63, 3.8) is 0 Å². The molecule has 0 radical (unpaired) electrons. The molecule has 0 aromatic carbocycles. The number of nitrogens with one attached hydrogen (secondary N) is 2. The first-order chi connectivity index (χ1) is 6.47. The van der Waals surface area contributed by atoms with E-state index in [2.05, 4.69) is 34.9 Å². The van der Waals surface area contributed by atoms with Crippen LogP contribution in [0.4, 0.5) is 0 Å². The first-order valence-corrected chi connectivity index (χ1v) is 5.02. The van der Waals surface area contributed by atoms with Gasteiger partial charge in [0.1, 0.15) is 0 Å². The smallest absolute Gasteiger partial charge is 0.0572 e. The maximum Gasteiger partial charge on any atom is 0.0572 e. The van der Waals surface area contributed by atoms with E-state index in [4.69, 9.17) is 0 Å². The van der Waals surface area contributed by atoms with Crippen LogP contribution in [0.15, 0.2) is 35.7 Å². The monoisotopic (exact) mass is 176 g/mol. The van der Waals surface area contributed by atoms with Crippen LogP contribution < -0.4 is 10.6 Å². The molecule has 1 saturated heterocycles. The SMILES string of the molecule is C1=CCC=C2NCCCCNC2=C1. The van der Waals surface area contributed by atoms with Crippen molar-refractivity contribution < 1.29 is 0 Å². The summed E-state index contributed by atoms with van der Waals surface area (Å²) in [4.78, 5) is 0. The van der Waals surface area contributed by atoms with E-state index in [0.29, 0.717) is 0 Å². The highest BCUT2D eigenvalue weighted by atomic mass is 15.0. The molecule has 0 spiro atoms. The zero-order valence-corrected chi connectivity index (χ0v) is 7.84. The Morgan fingerprint density at radius 3 is 2.62 bits per heavy atom. The van der Waals surface area contributed by atoms with Crippen molar-refractivity contribution in [3.8, 4) is 0 Å². The first-order valence-electron chi connectivity index (χ1n) is 5.02. The Labute approximate surface area is 79.4 Å². The van der Waals surface area contributed by atoms with Crippen molar-refractivity contribution in [3.05, 3.63) is 35.7 Å². The molecule has 0 aromatic rings. The molecule has 0 bridgehead atoms.